The molecule has 0 spiro atoms. The molecule has 0 amide bonds. The van der Waals surface area contributed by atoms with Crippen molar-refractivity contribution in [3.8, 4) is 5.75 Å². The van der Waals surface area contributed by atoms with Crippen LogP contribution in [0.15, 0.2) is 42.7 Å². The molecule has 182 valence electrons. The summed E-state index contributed by atoms with van der Waals surface area (Å²) in [6, 6.07) is 11.5. The lowest BCUT2D eigenvalue weighted by Gasteiger charge is -2.38. The first-order valence-corrected chi connectivity index (χ1v) is 12.9. The number of ether oxygens (including phenoxy) is 1. The number of pyridine rings is 1. The second-order valence-corrected chi connectivity index (χ2v) is 10.1. The third kappa shape index (κ3) is 3.90. The van der Waals surface area contributed by atoms with Gasteiger partial charge in [-0.15, -0.1) is 0 Å². The van der Waals surface area contributed by atoms with Gasteiger partial charge in [0.05, 0.1) is 24.2 Å². The molecule has 4 heterocycles. The van der Waals surface area contributed by atoms with E-state index in [1.54, 1.807) is 7.11 Å². The Bertz CT molecular complexity index is 1270. The van der Waals surface area contributed by atoms with Gasteiger partial charge in [-0.3, -0.25) is 4.98 Å². The first-order chi connectivity index (χ1) is 17.1. The second kappa shape index (κ2) is 9.08. The number of hydrogen-bond acceptors (Lipinski definition) is 6. The summed E-state index contributed by atoms with van der Waals surface area (Å²) in [7, 11) is 1.79. The van der Waals surface area contributed by atoms with Gasteiger partial charge in [0.25, 0.3) is 0 Å². The van der Waals surface area contributed by atoms with Gasteiger partial charge < -0.3 is 25.2 Å². The van der Waals surface area contributed by atoms with E-state index in [2.05, 4.69) is 63.1 Å². The van der Waals surface area contributed by atoms with Crippen LogP contribution in [0.4, 0.5) is 17.1 Å². The number of likely N-dealkylation sites (tertiary alicyclic amines) is 1. The molecule has 3 aliphatic rings. The van der Waals surface area contributed by atoms with Gasteiger partial charge in [-0.2, -0.15) is 0 Å². The smallest absolute Gasteiger partial charge is 0.150 e. The minimum Gasteiger partial charge on any atom is -0.494 e. The number of nitrogen functional groups attached to an aromatic ring is 1. The fraction of sp³-hybridized carbons (Fsp3) is 0.414. The Labute approximate surface area is 208 Å². The summed E-state index contributed by atoms with van der Waals surface area (Å²) in [4.78, 5) is 11.9. The fourth-order valence-corrected chi connectivity index (χ4v) is 6.25. The van der Waals surface area contributed by atoms with Crippen LogP contribution >= 0.6 is 0 Å². The van der Waals surface area contributed by atoms with Crippen molar-refractivity contribution in [1.82, 2.24) is 9.88 Å². The molecule has 0 radical (unpaired) electrons. The number of aromatic nitrogens is 1. The number of nitrogens with zero attached hydrogens (tertiary/aromatic N) is 4. The lowest BCUT2D eigenvalue weighted by molar-refractivity contribution is 0.207. The zero-order valence-corrected chi connectivity index (χ0v) is 20.8. The molecule has 2 fully saturated rings. The molecule has 1 aromatic heterocycles. The summed E-state index contributed by atoms with van der Waals surface area (Å²) in [5.41, 5.74) is 13.2. The molecule has 0 saturated carbocycles. The molecule has 2 N–H and O–H groups in total. The number of benzene rings is 2. The third-order valence-electron chi connectivity index (χ3n) is 8.14. The van der Waals surface area contributed by atoms with Crippen molar-refractivity contribution in [3.05, 3.63) is 59.5 Å². The van der Waals surface area contributed by atoms with Crippen LogP contribution < -0.4 is 20.3 Å². The van der Waals surface area contributed by atoms with Crippen LogP contribution in [-0.2, 0) is 6.54 Å². The zero-order chi connectivity index (χ0) is 23.9. The van der Waals surface area contributed by atoms with Crippen molar-refractivity contribution < 1.29 is 4.74 Å². The number of methoxy groups -OCH3 is 1. The van der Waals surface area contributed by atoms with Crippen LogP contribution in [0.2, 0.25) is 0 Å². The van der Waals surface area contributed by atoms with Crippen LogP contribution in [0.25, 0.3) is 16.8 Å². The van der Waals surface area contributed by atoms with Gasteiger partial charge in [0.1, 0.15) is 5.75 Å². The van der Waals surface area contributed by atoms with Gasteiger partial charge >= 0.3 is 0 Å². The van der Waals surface area contributed by atoms with Gasteiger partial charge in [-0.1, -0.05) is 0 Å². The first kappa shape index (κ1) is 22.2. The van der Waals surface area contributed by atoms with Gasteiger partial charge in [-0.05, 0) is 87.7 Å². The summed E-state index contributed by atoms with van der Waals surface area (Å²) in [5.74, 6) is 0.940. The molecule has 0 atom stereocenters. The monoisotopic (exact) mass is 469 g/mol. The highest BCUT2D eigenvalue weighted by atomic mass is 16.5. The SMILES string of the molecule is COc1c(N2CCC(N3CCCC3)CC2)ccc2c(N)c3c(cc12)CN(c1cccnc1C)C=C3. The van der Waals surface area contributed by atoms with Gasteiger partial charge in [-0.25, -0.2) is 0 Å². The van der Waals surface area contributed by atoms with Crippen LogP contribution in [0.1, 0.15) is 42.5 Å². The highest BCUT2D eigenvalue weighted by molar-refractivity contribution is 6.04. The van der Waals surface area contributed by atoms with Gasteiger partial charge in [0.15, 0.2) is 0 Å². The summed E-state index contributed by atoms with van der Waals surface area (Å²) >= 11 is 0. The fourth-order valence-electron chi connectivity index (χ4n) is 6.25. The van der Waals surface area contributed by atoms with Crippen LogP contribution in [0.3, 0.4) is 0 Å². The van der Waals surface area contributed by atoms with Crippen LogP contribution in [0, 0.1) is 6.92 Å². The Hall–Kier alpha value is -3.25. The van der Waals surface area contributed by atoms with Gasteiger partial charge in [0, 0.05) is 60.1 Å². The highest BCUT2D eigenvalue weighted by Crippen LogP contribution is 2.43. The van der Waals surface area contributed by atoms with Crippen molar-refractivity contribution in [3.63, 3.8) is 0 Å². The molecule has 0 unspecified atom stereocenters. The Morgan fingerprint density at radius 3 is 2.54 bits per heavy atom. The molecule has 0 bridgehead atoms. The molecule has 2 aromatic carbocycles. The quantitative estimate of drug-likeness (QED) is 0.531. The molecule has 35 heavy (non-hydrogen) atoms. The van der Waals surface area contributed by atoms with E-state index < -0.39 is 0 Å². The Morgan fingerprint density at radius 2 is 1.80 bits per heavy atom. The molecule has 2 saturated heterocycles. The largest absolute Gasteiger partial charge is 0.494 e. The Balaban J connectivity index is 1.33. The second-order valence-electron chi connectivity index (χ2n) is 10.1. The predicted molar refractivity (Wildman–Crippen MR) is 145 cm³/mol. The minimum absolute atomic E-state index is 0.733. The predicted octanol–water partition coefficient (Wildman–Crippen LogP) is 5.19. The van der Waals surface area contributed by atoms with Crippen LogP contribution in [-0.4, -0.2) is 49.2 Å². The van der Waals surface area contributed by atoms with Crippen LogP contribution in [0.5, 0.6) is 5.75 Å². The normalized spacial score (nSPS) is 18.9. The topological polar surface area (TPSA) is 57.9 Å². The van der Waals surface area contributed by atoms with E-state index in [0.717, 1.165) is 64.8 Å². The van der Waals surface area contributed by atoms with E-state index >= 15 is 0 Å². The Morgan fingerprint density at radius 1 is 1.00 bits per heavy atom. The van der Waals surface area contributed by atoms with E-state index in [9.17, 15) is 0 Å². The van der Waals surface area contributed by atoms with E-state index in [-0.39, 0.29) is 0 Å². The van der Waals surface area contributed by atoms with Crippen molar-refractivity contribution in [1.29, 1.82) is 0 Å². The zero-order valence-electron chi connectivity index (χ0n) is 20.8. The van der Waals surface area contributed by atoms with Crippen molar-refractivity contribution in [2.75, 3.05) is 48.8 Å². The molecule has 6 rings (SSSR count). The van der Waals surface area contributed by atoms with E-state index in [1.165, 1.54) is 50.0 Å². The maximum Gasteiger partial charge on any atom is 0.150 e. The molecular weight excluding hydrogens is 434 g/mol. The number of hydrogen-bond donors (Lipinski definition) is 1. The van der Waals surface area contributed by atoms with E-state index in [0.29, 0.717) is 0 Å². The number of nitrogens with two attached hydrogens (primary N) is 1. The molecule has 0 aliphatic carbocycles. The standard InChI is InChI=1S/C29H35N5O/c1-20-26(6-5-12-31-20)34-17-11-23-21(19-34)18-25-24(28(23)30)7-8-27(29(25)35-2)33-15-9-22(10-16-33)32-13-3-4-14-32/h5-8,11-12,17-18,22H,3-4,9-10,13-16,19,30H2,1-2H3. The number of piperidine rings is 1. The number of anilines is 3. The molecule has 3 aliphatic heterocycles. The highest BCUT2D eigenvalue weighted by Gasteiger charge is 2.28. The number of fused-ring (bicyclic) bond motifs is 2. The lowest BCUT2D eigenvalue weighted by Crippen LogP contribution is -2.44. The van der Waals surface area contributed by atoms with E-state index in [1.807, 2.05) is 12.3 Å². The average Bonchev–Trinajstić information content (AvgIpc) is 3.43. The Kier molecular flexibility index (Phi) is 5.77. The summed E-state index contributed by atoms with van der Waals surface area (Å²) in [5, 5.41) is 2.16. The summed E-state index contributed by atoms with van der Waals surface area (Å²) < 4.78 is 6.07. The van der Waals surface area contributed by atoms with Gasteiger partial charge in [0.2, 0.25) is 0 Å². The maximum absolute atomic E-state index is 6.74. The molecule has 3 aromatic rings. The molecule has 6 nitrogen and oxygen atoms in total. The van der Waals surface area contributed by atoms with Crippen molar-refractivity contribution in [2.24, 2.45) is 0 Å². The number of rotatable bonds is 4. The lowest BCUT2D eigenvalue weighted by atomic mass is 9.94. The van der Waals surface area contributed by atoms with E-state index in [4.69, 9.17) is 10.5 Å². The summed E-state index contributed by atoms with van der Waals surface area (Å²) in [6.45, 7) is 7.50. The maximum atomic E-state index is 6.74. The van der Waals surface area contributed by atoms with Crippen molar-refractivity contribution in [2.45, 2.75) is 45.2 Å². The minimum atomic E-state index is 0.733. The molecular formula is C29H35N5O. The summed E-state index contributed by atoms with van der Waals surface area (Å²) in [6.07, 6.45) is 11.2. The third-order valence-corrected chi connectivity index (χ3v) is 8.14. The number of aryl methyl sites for hydroxylation is 1. The average molecular weight is 470 g/mol. The van der Waals surface area contributed by atoms with Crippen molar-refractivity contribution >= 4 is 33.9 Å². The molecule has 6 heteroatoms. The first-order valence-electron chi connectivity index (χ1n) is 12.9.